The third-order valence-electron chi connectivity index (χ3n) is 2.90. The maximum atomic E-state index is 6.18. The summed E-state index contributed by atoms with van der Waals surface area (Å²) in [5.74, 6) is 0.464. The summed E-state index contributed by atoms with van der Waals surface area (Å²) >= 11 is 15.9. The molecule has 0 bridgehead atoms. The smallest absolute Gasteiger partial charge is 0.0551 e. The molecule has 1 aromatic carbocycles. The maximum Gasteiger partial charge on any atom is 0.0551 e. The third-order valence-corrected chi connectivity index (χ3v) is 4.72. The number of benzene rings is 1. The van der Waals surface area contributed by atoms with E-state index in [0.29, 0.717) is 12.0 Å². The van der Waals surface area contributed by atoms with E-state index in [2.05, 4.69) is 22.9 Å². The number of alkyl halides is 1. The number of ether oxygens (including phenoxy) is 1. The minimum Gasteiger partial charge on any atom is -0.378 e. The lowest BCUT2D eigenvalue weighted by atomic mass is 9.97. The molecule has 1 aliphatic rings. The van der Waals surface area contributed by atoms with Crippen LogP contribution in [0.4, 0.5) is 0 Å². The average Bonchev–Trinajstić information content (AvgIpc) is 2.67. The second-order valence-electron chi connectivity index (χ2n) is 4.21. The second-order valence-corrected chi connectivity index (χ2v) is 6.04. The summed E-state index contributed by atoms with van der Waals surface area (Å²) in [6.07, 6.45) is 1.39. The molecule has 0 aromatic heterocycles. The van der Waals surface area contributed by atoms with E-state index in [0.717, 1.165) is 28.6 Å². The van der Waals surface area contributed by atoms with E-state index in [1.807, 2.05) is 12.1 Å². The molecule has 0 aliphatic carbocycles. The number of hydrogen-bond donors (Lipinski definition) is 0. The zero-order valence-electron chi connectivity index (χ0n) is 8.92. The van der Waals surface area contributed by atoms with Crippen LogP contribution >= 0.6 is 39.1 Å². The Hall–Kier alpha value is 0.240. The van der Waals surface area contributed by atoms with Crippen LogP contribution in [0.15, 0.2) is 18.2 Å². The minimum absolute atomic E-state index is 0.212. The molecule has 1 aromatic rings. The van der Waals surface area contributed by atoms with Gasteiger partial charge in [-0.05, 0) is 37.1 Å². The van der Waals surface area contributed by atoms with Crippen LogP contribution in [0.3, 0.4) is 0 Å². The summed E-state index contributed by atoms with van der Waals surface area (Å²) in [7, 11) is 0. The molecule has 1 heterocycles. The van der Waals surface area contributed by atoms with Crippen molar-refractivity contribution in [3.63, 3.8) is 0 Å². The van der Waals surface area contributed by atoms with Crippen molar-refractivity contribution < 1.29 is 4.74 Å². The standard InChI is InChI=1S/C12H13BrCl2O/c1-7-4-8(6-16-7)12(13)10-5-9(14)2-3-11(10)15/h2-3,5,7-8,12H,4,6H2,1H3. The van der Waals surface area contributed by atoms with Gasteiger partial charge in [-0.15, -0.1) is 0 Å². The first-order chi connectivity index (χ1) is 7.58. The van der Waals surface area contributed by atoms with E-state index < -0.39 is 0 Å². The van der Waals surface area contributed by atoms with Gasteiger partial charge in [0.1, 0.15) is 0 Å². The molecular weight excluding hydrogens is 311 g/mol. The van der Waals surface area contributed by atoms with Crippen molar-refractivity contribution in [2.24, 2.45) is 5.92 Å². The first-order valence-electron chi connectivity index (χ1n) is 5.28. The highest BCUT2D eigenvalue weighted by molar-refractivity contribution is 9.09. The number of rotatable bonds is 2. The van der Waals surface area contributed by atoms with Crippen LogP contribution in [0.2, 0.25) is 10.0 Å². The lowest BCUT2D eigenvalue weighted by Crippen LogP contribution is -2.08. The molecule has 16 heavy (non-hydrogen) atoms. The van der Waals surface area contributed by atoms with Crippen molar-refractivity contribution >= 4 is 39.1 Å². The first-order valence-corrected chi connectivity index (χ1v) is 6.95. The highest BCUT2D eigenvalue weighted by Crippen LogP contribution is 2.41. The largest absolute Gasteiger partial charge is 0.378 e. The van der Waals surface area contributed by atoms with Gasteiger partial charge in [0.2, 0.25) is 0 Å². The molecule has 0 saturated carbocycles. The highest BCUT2D eigenvalue weighted by atomic mass is 79.9. The van der Waals surface area contributed by atoms with Gasteiger partial charge in [-0.1, -0.05) is 39.1 Å². The lowest BCUT2D eigenvalue weighted by molar-refractivity contribution is 0.120. The third kappa shape index (κ3) is 2.73. The van der Waals surface area contributed by atoms with Crippen LogP contribution in [-0.2, 0) is 4.74 Å². The van der Waals surface area contributed by atoms with Gasteiger partial charge in [-0.2, -0.15) is 0 Å². The highest BCUT2D eigenvalue weighted by Gasteiger charge is 2.30. The van der Waals surface area contributed by atoms with Crippen molar-refractivity contribution in [1.29, 1.82) is 0 Å². The zero-order chi connectivity index (χ0) is 11.7. The van der Waals surface area contributed by atoms with Gasteiger partial charge in [-0.25, -0.2) is 0 Å². The quantitative estimate of drug-likeness (QED) is 0.707. The van der Waals surface area contributed by atoms with Gasteiger partial charge in [0.15, 0.2) is 0 Å². The van der Waals surface area contributed by atoms with Crippen LogP contribution < -0.4 is 0 Å². The van der Waals surface area contributed by atoms with E-state index >= 15 is 0 Å². The molecule has 3 unspecified atom stereocenters. The summed E-state index contributed by atoms with van der Waals surface area (Å²) in [5.41, 5.74) is 1.05. The monoisotopic (exact) mass is 322 g/mol. The Morgan fingerprint density at radius 1 is 1.44 bits per heavy atom. The molecule has 0 amide bonds. The van der Waals surface area contributed by atoms with Crippen LogP contribution in [0.25, 0.3) is 0 Å². The van der Waals surface area contributed by atoms with Gasteiger partial charge in [0.25, 0.3) is 0 Å². The SMILES string of the molecule is CC1CC(C(Br)c2cc(Cl)ccc2Cl)CO1. The summed E-state index contributed by atoms with van der Waals surface area (Å²) in [6.45, 7) is 2.87. The van der Waals surface area contributed by atoms with Crippen LogP contribution in [0.5, 0.6) is 0 Å². The Morgan fingerprint density at radius 2 is 2.19 bits per heavy atom. The van der Waals surface area contributed by atoms with Gasteiger partial charge >= 0.3 is 0 Å². The predicted molar refractivity (Wildman–Crippen MR) is 71.7 cm³/mol. The zero-order valence-corrected chi connectivity index (χ0v) is 12.0. The Morgan fingerprint density at radius 3 is 2.81 bits per heavy atom. The molecule has 3 atom stereocenters. The van der Waals surface area contributed by atoms with E-state index in [-0.39, 0.29) is 4.83 Å². The summed E-state index contributed by atoms with van der Waals surface area (Å²) in [5, 5.41) is 1.47. The summed E-state index contributed by atoms with van der Waals surface area (Å²) in [6, 6.07) is 5.57. The fourth-order valence-electron chi connectivity index (χ4n) is 2.03. The van der Waals surface area contributed by atoms with Gasteiger partial charge in [-0.3, -0.25) is 0 Å². The van der Waals surface area contributed by atoms with Crippen molar-refractivity contribution in [2.45, 2.75) is 24.3 Å². The van der Waals surface area contributed by atoms with Crippen molar-refractivity contribution in [2.75, 3.05) is 6.61 Å². The molecule has 1 aliphatic heterocycles. The molecule has 1 fully saturated rings. The van der Waals surface area contributed by atoms with Crippen molar-refractivity contribution in [3.05, 3.63) is 33.8 Å². The van der Waals surface area contributed by atoms with E-state index in [9.17, 15) is 0 Å². The van der Waals surface area contributed by atoms with Crippen molar-refractivity contribution in [1.82, 2.24) is 0 Å². The lowest BCUT2D eigenvalue weighted by Gasteiger charge is -2.17. The fourth-order valence-corrected chi connectivity index (χ4v) is 3.33. The van der Waals surface area contributed by atoms with Crippen molar-refractivity contribution in [3.8, 4) is 0 Å². The first kappa shape index (κ1) is 12.7. The summed E-state index contributed by atoms with van der Waals surface area (Å²) in [4.78, 5) is 0.212. The van der Waals surface area contributed by atoms with Crippen LogP contribution in [0.1, 0.15) is 23.7 Å². The maximum absolute atomic E-state index is 6.18. The molecule has 88 valence electrons. The van der Waals surface area contributed by atoms with Crippen LogP contribution in [0, 0.1) is 5.92 Å². The Kier molecular flexibility index (Phi) is 4.17. The average molecular weight is 324 g/mol. The van der Waals surface area contributed by atoms with Gasteiger partial charge in [0.05, 0.1) is 12.7 Å². The van der Waals surface area contributed by atoms with Gasteiger partial charge in [0, 0.05) is 20.8 Å². The molecular formula is C12H13BrCl2O. The molecule has 0 spiro atoms. The minimum atomic E-state index is 0.212. The molecule has 1 nitrogen and oxygen atoms in total. The van der Waals surface area contributed by atoms with Gasteiger partial charge < -0.3 is 4.74 Å². The topological polar surface area (TPSA) is 9.23 Å². The number of halogens is 3. The Balaban J connectivity index is 2.20. The van der Waals surface area contributed by atoms with E-state index in [1.54, 1.807) is 6.07 Å². The number of hydrogen-bond acceptors (Lipinski definition) is 1. The molecule has 0 N–H and O–H groups in total. The second kappa shape index (κ2) is 5.26. The molecule has 4 heteroatoms. The molecule has 1 saturated heterocycles. The van der Waals surface area contributed by atoms with E-state index in [1.165, 1.54) is 0 Å². The Bertz CT molecular complexity index is 383. The predicted octanol–water partition coefficient (Wildman–Crippen LogP) is 4.85. The molecule has 0 radical (unpaired) electrons. The van der Waals surface area contributed by atoms with Crippen LogP contribution in [-0.4, -0.2) is 12.7 Å². The Labute approximate surface area is 114 Å². The fraction of sp³-hybridized carbons (Fsp3) is 0.500. The summed E-state index contributed by atoms with van der Waals surface area (Å²) < 4.78 is 5.57. The molecule has 2 rings (SSSR count). The van der Waals surface area contributed by atoms with E-state index in [4.69, 9.17) is 27.9 Å². The normalized spacial score (nSPS) is 27.0.